The molecule has 0 aromatic heterocycles. The molecule has 1 aromatic rings. The summed E-state index contributed by atoms with van der Waals surface area (Å²) in [7, 11) is 1.51. The van der Waals surface area contributed by atoms with E-state index >= 15 is 0 Å². The predicted octanol–water partition coefficient (Wildman–Crippen LogP) is 1.36. The van der Waals surface area contributed by atoms with Crippen LogP contribution in [0.2, 0.25) is 0 Å². The number of methoxy groups -OCH3 is 1. The van der Waals surface area contributed by atoms with E-state index in [4.69, 9.17) is 9.47 Å². The van der Waals surface area contributed by atoms with Crippen LogP contribution in [0, 0.1) is 6.92 Å². The number of nitrogens with zero attached hydrogens (tertiary/aromatic N) is 1. The van der Waals surface area contributed by atoms with Crippen LogP contribution in [0.25, 0.3) is 0 Å². The molecular weight excluding hydrogens is 234 g/mol. The molecule has 1 saturated heterocycles. The van der Waals surface area contributed by atoms with Crippen LogP contribution in [0.3, 0.4) is 0 Å². The van der Waals surface area contributed by atoms with Crippen molar-refractivity contribution >= 4 is 12.0 Å². The molecule has 1 aliphatic rings. The molecule has 0 radical (unpaired) electrons. The van der Waals surface area contributed by atoms with Gasteiger partial charge in [-0.1, -0.05) is 0 Å². The Morgan fingerprint density at radius 3 is 2.67 bits per heavy atom. The number of aryl methyl sites for hydroxylation is 1. The summed E-state index contributed by atoms with van der Waals surface area (Å²) in [4.78, 5) is 13.1. The molecule has 1 aromatic carbocycles. The zero-order valence-electron chi connectivity index (χ0n) is 10.6. The Bertz CT molecular complexity index is 453. The van der Waals surface area contributed by atoms with Crippen molar-refractivity contribution in [1.82, 2.24) is 0 Å². The minimum atomic E-state index is 0.0292. The lowest BCUT2D eigenvalue weighted by atomic mass is 10.1. The molecule has 1 N–H and O–H groups in total. The Morgan fingerprint density at radius 2 is 2.11 bits per heavy atom. The van der Waals surface area contributed by atoms with E-state index in [9.17, 15) is 9.90 Å². The Balaban J connectivity index is 2.52. The molecule has 98 valence electrons. The van der Waals surface area contributed by atoms with Crippen LogP contribution in [-0.2, 0) is 4.74 Å². The van der Waals surface area contributed by atoms with Crippen LogP contribution in [0.5, 0.6) is 11.5 Å². The number of ether oxygens (including phenoxy) is 2. The number of anilines is 1. The molecule has 1 fully saturated rings. The number of carbonyl (C=O) groups is 1. The maximum Gasteiger partial charge on any atom is 0.182 e. The fourth-order valence-corrected chi connectivity index (χ4v) is 2.26. The summed E-state index contributed by atoms with van der Waals surface area (Å²) in [5.74, 6) is 0.448. The number of morpholine rings is 1. The van der Waals surface area contributed by atoms with E-state index in [2.05, 4.69) is 0 Å². The minimum absolute atomic E-state index is 0.0292. The fourth-order valence-electron chi connectivity index (χ4n) is 2.26. The first-order valence-electron chi connectivity index (χ1n) is 5.87. The number of aldehydes is 1. The molecule has 0 unspecified atom stereocenters. The van der Waals surface area contributed by atoms with Crippen molar-refractivity contribution < 1.29 is 19.4 Å². The molecular formula is C13H17NO4. The van der Waals surface area contributed by atoms with Gasteiger partial charge in [-0.25, -0.2) is 0 Å². The second-order valence-corrected chi connectivity index (χ2v) is 4.23. The summed E-state index contributed by atoms with van der Waals surface area (Å²) in [5, 5.41) is 10.3. The lowest BCUT2D eigenvalue weighted by molar-refractivity contribution is 0.111. The van der Waals surface area contributed by atoms with Gasteiger partial charge in [0.05, 0.1) is 26.0 Å². The summed E-state index contributed by atoms with van der Waals surface area (Å²) in [6.07, 6.45) is 0.761. The van der Waals surface area contributed by atoms with E-state index in [-0.39, 0.29) is 5.75 Å². The summed E-state index contributed by atoms with van der Waals surface area (Å²) < 4.78 is 10.5. The first-order valence-corrected chi connectivity index (χ1v) is 5.87. The maximum absolute atomic E-state index is 11.2. The number of benzene rings is 1. The van der Waals surface area contributed by atoms with Gasteiger partial charge in [-0.05, 0) is 18.6 Å². The average Bonchev–Trinajstić information content (AvgIpc) is 2.39. The van der Waals surface area contributed by atoms with E-state index in [0.29, 0.717) is 43.3 Å². The van der Waals surface area contributed by atoms with Crippen LogP contribution >= 0.6 is 0 Å². The van der Waals surface area contributed by atoms with Crippen molar-refractivity contribution in [1.29, 1.82) is 0 Å². The van der Waals surface area contributed by atoms with Crippen LogP contribution in [0.4, 0.5) is 5.69 Å². The Morgan fingerprint density at radius 1 is 1.44 bits per heavy atom. The Kier molecular flexibility index (Phi) is 3.72. The Hall–Kier alpha value is -1.75. The summed E-state index contributed by atoms with van der Waals surface area (Å²) in [5.41, 5.74) is 1.76. The number of carbonyl (C=O) groups excluding carboxylic acids is 1. The van der Waals surface area contributed by atoms with Gasteiger partial charge in [0, 0.05) is 18.7 Å². The molecule has 0 bridgehead atoms. The highest BCUT2D eigenvalue weighted by Crippen LogP contribution is 2.41. The molecule has 0 saturated carbocycles. The number of aromatic hydroxyl groups is 1. The van der Waals surface area contributed by atoms with Crippen LogP contribution in [0.15, 0.2) is 6.07 Å². The fraction of sp³-hybridized carbons (Fsp3) is 0.462. The molecule has 0 amide bonds. The van der Waals surface area contributed by atoms with Gasteiger partial charge in [-0.2, -0.15) is 0 Å². The molecule has 5 nitrogen and oxygen atoms in total. The SMILES string of the molecule is COc1c(C)cc(C=O)c(N2CCOCC2)c1O. The summed E-state index contributed by atoms with van der Waals surface area (Å²) >= 11 is 0. The lowest BCUT2D eigenvalue weighted by Crippen LogP contribution is -2.36. The second kappa shape index (κ2) is 5.27. The van der Waals surface area contributed by atoms with Crippen LogP contribution in [-0.4, -0.2) is 44.8 Å². The second-order valence-electron chi connectivity index (χ2n) is 4.23. The van der Waals surface area contributed by atoms with Crippen molar-refractivity contribution in [3.05, 3.63) is 17.2 Å². The number of phenolic OH excluding ortho intramolecular Hbond substituents is 1. The van der Waals surface area contributed by atoms with Gasteiger partial charge in [0.1, 0.15) is 0 Å². The highest BCUT2D eigenvalue weighted by Gasteiger charge is 2.22. The van der Waals surface area contributed by atoms with E-state index in [0.717, 1.165) is 11.8 Å². The van der Waals surface area contributed by atoms with Gasteiger partial charge in [-0.15, -0.1) is 0 Å². The van der Waals surface area contributed by atoms with E-state index in [1.165, 1.54) is 7.11 Å². The first-order chi connectivity index (χ1) is 8.69. The van der Waals surface area contributed by atoms with E-state index in [1.807, 2.05) is 4.90 Å². The summed E-state index contributed by atoms with van der Waals surface area (Å²) in [6, 6.07) is 1.73. The van der Waals surface area contributed by atoms with Crippen LogP contribution < -0.4 is 9.64 Å². The standard InChI is InChI=1S/C13H17NO4/c1-9-7-10(8-15)11(12(16)13(9)17-2)14-3-5-18-6-4-14/h7-8,16H,3-6H2,1-2H3. The van der Waals surface area contributed by atoms with Gasteiger partial charge in [-0.3, -0.25) is 4.79 Å². The number of rotatable bonds is 3. The van der Waals surface area contributed by atoms with Crippen molar-refractivity contribution in [3.63, 3.8) is 0 Å². The smallest absolute Gasteiger partial charge is 0.182 e. The number of hydrogen-bond donors (Lipinski definition) is 1. The largest absolute Gasteiger partial charge is 0.503 e. The molecule has 1 aliphatic heterocycles. The third kappa shape index (κ3) is 2.13. The molecule has 0 spiro atoms. The van der Waals surface area contributed by atoms with Crippen molar-refractivity contribution in [3.8, 4) is 11.5 Å². The minimum Gasteiger partial charge on any atom is -0.503 e. The van der Waals surface area contributed by atoms with Crippen molar-refractivity contribution in [2.75, 3.05) is 38.3 Å². The average molecular weight is 251 g/mol. The van der Waals surface area contributed by atoms with Crippen molar-refractivity contribution in [2.45, 2.75) is 6.92 Å². The highest BCUT2D eigenvalue weighted by molar-refractivity contribution is 5.89. The van der Waals surface area contributed by atoms with Gasteiger partial charge < -0.3 is 19.5 Å². The molecule has 2 rings (SSSR count). The zero-order valence-corrected chi connectivity index (χ0v) is 10.6. The quantitative estimate of drug-likeness (QED) is 0.822. The Labute approximate surface area is 106 Å². The number of hydrogen-bond acceptors (Lipinski definition) is 5. The molecule has 1 heterocycles. The zero-order chi connectivity index (χ0) is 13.1. The monoisotopic (exact) mass is 251 g/mol. The lowest BCUT2D eigenvalue weighted by Gasteiger charge is -2.31. The maximum atomic E-state index is 11.2. The van der Waals surface area contributed by atoms with E-state index in [1.54, 1.807) is 13.0 Å². The van der Waals surface area contributed by atoms with Crippen LogP contribution in [0.1, 0.15) is 15.9 Å². The summed E-state index contributed by atoms with van der Waals surface area (Å²) in [6.45, 7) is 4.29. The van der Waals surface area contributed by atoms with Gasteiger partial charge >= 0.3 is 0 Å². The third-order valence-electron chi connectivity index (χ3n) is 3.10. The van der Waals surface area contributed by atoms with Gasteiger partial charge in [0.2, 0.25) is 0 Å². The molecule has 18 heavy (non-hydrogen) atoms. The predicted molar refractivity (Wildman–Crippen MR) is 67.8 cm³/mol. The molecule has 0 atom stereocenters. The van der Waals surface area contributed by atoms with Crippen molar-refractivity contribution in [2.24, 2.45) is 0 Å². The highest BCUT2D eigenvalue weighted by atomic mass is 16.5. The molecule has 5 heteroatoms. The topological polar surface area (TPSA) is 59.0 Å². The first kappa shape index (κ1) is 12.7. The van der Waals surface area contributed by atoms with Gasteiger partial charge in [0.15, 0.2) is 17.8 Å². The van der Waals surface area contributed by atoms with E-state index < -0.39 is 0 Å². The number of phenols is 1. The normalized spacial score (nSPS) is 15.6. The van der Waals surface area contributed by atoms with Gasteiger partial charge in [0.25, 0.3) is 0 Å². The third-order valence-corrected chi connectivity index (χ3v) is 3.10. The molecule has 0 aliphatic carbocycles.